The summed E-state index contributed by atoms with van der Waals surface area (Å²) in [7, 11) is 0. The van der Waals surface area contributed by atoms with Crippen LogP contribution in [0.1, 0.15) is 0 Å². The van der Waals surface area contributed by atoms with Crippen LogP contribution in [0.3, 0.4) is 0 Å². The maximum Gasteiger partial charge on any atom is 0.250 e. The third-order valence-electron chi connectivity index (χ3n) is 0.780. The minimum atomic E-state index is -0.553. The Labute approximate surface area is 64.5 Å². The van der Waals surface area contributed by atoms with E-state index >= 15 is 0 Å². The van der Waals surface area contributed by atoms with E-state index in [1.54, 1.807) is 0 Å². The van der Waals surface area contributed by atoms with E-state index < -0.39 is 5.91 Å². The minimum Gasteiger partial charge on any atom is -0.405 e. The molecular weight excluding hydrogens is 150 g/mol. The summed E-state index contributed by atoms with van der Waals surface area (Å²) in [6.45, 7) is 0. The lowest BCUT2D eigenvalue weighted by Gasteiger charge is -1.92. The van der Waals surface area contributed by atoms with Crippen molar-refractivity contribution in [1.29, 1.82) is 0 Å². The quantitative estimate of drug-likeness (QED) is 0.249. The molecule has 0 radical (unpaired) electrons. The highest BCUT2D eigenvalue weighted by Gasteiger charge is 1.97. The molecule has 0 saturated carbocycles. The Kier molecular flexibility index (Phi) is 4.23. The second-order valence-corrected chi connectivity index (χ2v) is 1.71. The van der Waals surface area contributed by atoms with E-state index in [9.17, 15) is 4.79 Å². The fraction of sp³-hybridized carbons (Fsp3) is 0. The van der Waals surface area contributed by atoms with E-state index in [2.05, 4.69) is 17.5 Å². The summed E-state index contributed by atoms with van der Waals surface area (Å²) in [5, 5.41) is 0. The van der Waals surface area contributed by atoms with Gasteiger partial charge >= 0.3 is 0 Å². The lowest BCUT2D eigenvalue weighted by molar-refractivity contribution is -0.114. The van der Waals surface area contributed by atoms with Gasteiger partial charge in [0.2, 0.25) is 5.91 Å². The molecule has 0 rings (SSSR count). The molecule has 4 nitrogen and oxygen atoms in total. The Morgan fingerprint density at radius 2 is 2.20 bits per heavy atom. The molecule has 0 aromatic carbocycles. The van der Waals surface area contributed by atoms with Crippen molar-refractivity contribution in [2.45, 2.75) is 0 Å². The number of primary amides is 1. The van der Waals surface area contributed by atoms with Crippen LogP contribution in [0, 0.1) is 0 Å². The molecule has 5 heteroatoms. The van der Waals surface area contributed by atoms with Crippen LogP contribution in [0.25, 0.3) is 0 Å². The number of nitrogens with one attached hydrogen (secondary N) is 1. The number of hydrogen-bond acceptors (Lipinski definition) is 4. The van der Waals surface area contributed by atoms with Crippen LogP contribution >= 0.6 is 12.8 Å². The molecule has 0 saturated heterocycles. The van der Waals surface area contributed by atoms with Gasteiger partial charge in [-0.2, -0.15) is 0 Å². The van der Waals surface area contributed by atoms with Crippen molar-refractivity contribution in [3.05, 3.63) is 24.0 Å². The average Bonchev–Trinajstić information content (AvgIpc) is 1.87. The molecule has 0 aliphatic rings. The SMILES string of the molecule is N/C=C\C(=C\NS)C(N)=O. The summed E-state index contributed by atoms with van der Waals surface area (Å²) in [4.78, 5) is 10.5. The van der Waals surface area contributed by atoms with Gasteiger partial charge in [-0.3, -0.25) is 4.79 Å². The van der Waals surface area contributed by atoms with Crippen LogP contribution < -0.4 is 16.2 Å². The maximum atomic E-state index is 10.5. The van der Waals surface area contributed by atoms with Gasteiger partial charge in [-0.1, -0.05) is 12.8 Å². The van der Waals surface area contributed by atoms with Gasteiger partial charge in [-0.05, 0) is 12.3 Å². The van der Waals surface area contributed by atoms with Crippen molar-refractivity contribution in [3.8, 4) is 0 Å². The number of hydrogen-bond donors (Lipinski definition) is 4. The summed E-state index contributed by atoms with van der Waals surface area (Å²) < 4.78 is 2.36. The van der Waals surface area contributed by atoms with Gasteiger partial charge in [-0.25, -0.2) is 0 Å². The van der Waals surface area contributed by atoms with Gasteiger partial charge in [0.15, 0.2) is 0 Å². The largest absolute Gasteiger partial charge is 0.405 e. The molecule has 0 bridgehead atoms. The first-order chi connectivity index (χ1) is 4.72. The second kappa shape index (κ2) is 4.75. The van der Waals surface area contributed by atoms with E-state index in [-0.39, 0.29) is 5.57 Å². The number of carbonyl (C=O) groups excluding carboxylic acids is 1. The van der Waals surface area contributed by atoms with Gasteiger partial charge < -0.3 is 16.2 Å². The van der Waals surface area contributed by atoms with Gasteiger partial charge in [-0.15, -0.1) is 0 Å². The number of carbonyl (C=O) groups is 1. The molecular formula is C5H9N3OS. The fourth-order valence-electron chi connectivity index (χ4n) is 0.375. The molecule has 0 atom stereocenters. The highest BCUT2D eigenvalue weighted by molar-refractivity contribution is 7.78. The molecule has 10 heavy (non-hydrogen) atoms. The summed E-state index contributed by atoms with van der Waals surface area (Å²) >= 11 is 3.64. The van der Waals surface area contributed by atoms with Gasteiger partial charge in [0.1, 0.15) is 0 Å². The molecule has 0 aliphatic carbocycles. The number of thiol groups is 1. The van der Waals surface area contributed by atoms with E-state index in [1.165, 1.54) is 18.5 Å². The van der Waals surface area contributed by atoms with Crippen LogP contribution in [-0.2, 0) is 4.79 Å². The Morgan fingerprint density at radius 3 is 2.50 bits per heavy atom. The molecule has 0 aromatic rings. The van der Waals surface area contributed by atoms with Gasteiger partial charge in [0.25, 0.3) is 0 Å². The molecule has 5 N–H and O–H groups in total. The Morgan fingerprint density at radius 1 is 1.60 bits per heavy atom. The zero-order valence-electron chi connectivity index (χ0n) is 5.24. The third-order valence-corrected chi connectivity index (χ3v) is 0.909. The fourth-order valence-corrected chi connectivity index (χ4v) is 0.514. The summed E-state index contributed by atoms with van der Waals surface area (Å²) in [5.41, 5.74) is 10.2. The van der Waals surface area contributed by atoms with Crippen molar-refractivity contribution < 1.29 is 4.79 Å². The monoisotopic (exact) mass is 159 g/mol. The number of rotatable bonds is 3. The van der Waals surface area contributed by atoms with Crippen molar-refractivity contribution in [1.82, 2.24) is 4.72 Å². The maximum absolute atomic E-state index is 10.5. The van der Waals surface area contributed by atoms with E-state index in [0.29, 0.717) is 0 Å². The molecule has 0 unspecified atom stereocenters. The van der Waals surface area contributed by atoms with Crippen LogP contribution in [0.4, 0.5) is 0 Å². The molecule has 0 heterocycles. The predicted octanol–water partition coefficient (Wildman–Crippen LogP) is -0.738. The van der Waals surface area contributed by atoms with Crippen molar-refractivity contribution in [2.75, 3.05) is 0 Å². The highest BCUT2D eigenvalue weighted by Crippen LogP contribution is 1.91. The van der Waals surface area contributed by atoms with E-state index in [1.807, 2.05) is 0 Å². The second-order valence-electron chi connectivity index (χ2n) is 1.45. The standard InChI is InChI=1S/C5H9N3OS/c6-2-1-4(3-8-10)5(7)9/h1-3,8,10H,6H2,(H2,7,9)/b2-1-,4-3-. The van der Waals surface area contributed by atoms with E-state index in [4.69, 9.17) is 11.5 Å². The van der Waals surface area contributed by atoms with Crippen molar-refractivity contribution in [3.63, 3.8) is 0 Å². The van der Waals surface area contributed by atoms with Crippen molar-refractivity contribution in [2.24, 2.45) is 11.5 Å². The molecule has 0 spiro atoms. The third kappa shape index (κ3) is 3.03. The minimum absolute atomic E-state index is 0.275. The van der Waals surface area contributed by atoms with E-state index in [0.717, 1.165) is 0 Å². The molecule has 0 aromatic heterocycles. The predicted molar refractivity (Wildman–Crippen MR) is 42.7 cm³/mol. The first-order valence-corrected chi connectivity index (χ1v) is 2.95. The van der Waals surface area contributed by atoms with Crippen LogP contribution in [0.15, 0.2) is 24.0 Å². The zero-order chi connectivity index (χ0) is 7.98. The normalized spacial score (nSPS) is 11.9. The summed E-state index contributed by atoms with van der Waals surface area (Å²) in [5.74, 6) is -0.553. The molecule has 1 amide bonds. The lowest BCUT2D eigenvalue weighted by Crippen LogP contribution is -2.14. The molecule has 56 valence electrons. The molecule has 0 fully saturated rings. The number of amides is 1. The lowest BCUT2D eigenvalue weighted by atomic mass is 10.3. The summed E-state index contributed by atoms with van der Waals surface area (Å²) in [6.07, 6.45) is 3.95. The highest BCUT2D eigenvalue weighted by atomic mass is 32.1. The smallest absolute Gasteiger partial charge is 0.250 e. The Hall–Kier alpha value is -1.10. The number of nitrogens with two attached hydrogens (primary N) is 2. The Balaban J connectivity index is 4.26. The van der Waals surface area contributed by atoms with Gasteiger partial charge in [0.05, 0.1) is 5.57 Å². The summed E-state index contributed by atoms with van der Waals surface area (Å²) in [6, 6.07) is 0. The van der Waals surface area contributed by atoms with Crippen LogP contribution in [0.2, 0.25) is 0 Å². The molecule has 0 aliphatic heterocycles. The average molecular weight is 159 g/mol. The Bertz CT molecular complexity index is 176. The van der Waals surface area contributed by atoms with Crippen molar-refractivity contribution >= 4 is 18.7 Å². The van der Waals surface area contributed by atoms with Crippen LogP contribution in [0.5, 0.6) is 0 Å². The van der Waals surface area contributed by atoms with Crippen LogP contribution in [-0.4, -0.2) is 5.91 Å². The van der Waals surface area contributed by atoms with Gasteiger partial charge in [0, 0.05) is 6.20 Å². The topological polar surface area (TPSA) is 81.1 Å². The first kappa shape index (κ1) is 8.90. The zero-order valence-corrected chi connectivity index (χ0v) is 6.14. The first-order valence-electron chi connectivity index (χ1n) is 2.50.